The number of carboxylic acid groups (broad SMARTS) is 1. The van der Waals surface area contributed by atoms with Crippen LogP contribution in [0.1, 0.15) is 53.6 Å². The maximum absolute atomic E-state index is 13.8. The molecule has 3 aromatic rings. The Kier molecular flexibility index (Phi) is 9.73. The van der Waals surface area contributed by atoms with Crippen molar-refractivity contribution in [3.63, 3.8) is 0 Å². The molecule has 3 aromatic carbocycles. The first-order valence-electron chi connectivity index (χ1n) is 13.1. The highest BCUT2D eigenvalue weighted by Gasteiger charge is 2.34. The molecule has 0 radical (unpaired) electrons. The first-order chi connectivity index (χ1) is 19.6. The van der Waals surface area contributed by atoms with Crippen LogP contribution in [-0.4, -0.2) is 47.2 Å². The molecule has 1 heterocycles. The zero-order chi connectivity index (χ0) is 29.5. The lowest BCUT2D eigenvalue weighted by Gasteiger charge is -2.24. The number of benzene rings is 3. The van der Waals surface area contributed by atoms with Crippen molar-refractivity contribution in [3.05, 3.63) is 94.3 Å². The highest BCUT2D eigenvalue weighted by molar-refractivity contribution is 6.30. The molecule has 41 heavy (non-hydrogen) atoms. The number of methoxy groups -OCH3 is 1. The first kappa shape index (κ1) is 29.7. The number of carbonyl (C=O) groups is 3. The van der Waals surface area contributed by atoms with Crippen molar-refractivity contribution in [2.45, 2.75) is 38.5 Å². The van der Waals surface area contributed by atoms with E-state index in [-0.39, 0.29) is 36.1 Å². The van der Waals surface area contributed by atoms with E-state index in [0.717, 1.165) is 11.1 Å². The fraction of sp³-hybridized carbons (Fsp3) is 0.290. The SMILES string of the molecule is COc1ccc(Cl)cc1CC1CC/C(=N\Oc2cccc(F)c2)CN(C(=O)C[C@H](C)c2ccc(C(=O)O)cc2)C1=O. The molecule has 1 fully saturated rings. The van der Waals surface area contributed by atoms with Crippen LogP contribution < -0.4 is 9.57 Å². The van der Waals surface area contributed by atoms with Gasteiger partial charge in [-0.25, -0.2) is 9.18 Å². The fourth-order valence-corrected chi connectivity index (χ4v) is 4.95. The topological polar surface area (TPSA) is 106 Å². The maximum atomic E-state index is 13.8. The average Bonchev–Trinajstić information content (AvgIpc) is 3.10. The van der Waals surface area contributed by atoms with Gasteiger partial charge in [0.25, 0.3) is 0 Å². The largest absolute Gasteiger partial charge is 0.496 e. The second-order valence-corrected chi connectivity index (χ2v) is 10.4. The molecule has 2 atom stereocenters. The van der Waals surface area contributed by atoms with Crippen molar-refractivity contribution in [1.82, 2.24) is 4.90 Å². The minimum atomic E-state index is -1.04. The molecule has 0 aliphatic carbocycles. The summed E-state index contributed by atoms with van der Waals surface area (Å²) in [6, 6.07) is 17.0. The van der Waals surface area contributed by atoms with E-state index in [0.29, 0.717) is 35.7 Å². The van der Waals surface area contributed by atoms with Crippen LogP contribution in [0.3, 0.4) is 0 Å². The molecule has 0 bridgehead atoms. The number of oxime groups is 1. The van der Waals surface area contributed by atoms with Gasteiger partial charge in [0.15, 0.2) is 5.75 Å². The van der Waals surface area contributed by atoms with Gasteiger partial charge in [-0.2, -0.15) is 0 Å². The summed E-state index contributed by atoms with van der Waals surface area (Å²) in [5.41, 5.74) is 2.13. The van der Waals surface area contributed by atoms with Crippen LogP contribution in [0, 0.1) is 11.7 Å². The summed E-state index contributed by atoms with van der Waals surface area (Å²) >= 11 is 6.22. The summed E-state index contributed by atoms with van der Waals surface area (Å²) in [6.45, 7) is 1.77. The van der Waals surface area contributed by atoms with Gasteiger partial charge in [-0.15, -0.1) is 0 Å². The third kappa shape index (κ3) is 7.70. The number of carbonyl (C=O) groups excluding carboxylic acids is 2. The average molecular weight is 581 g/mol. The van der Waals surface area contributed by atoms with E-state index in [1.54, 1.807) is 36.4 Å². The second kappa shape index (κ2) is 13.4. The number of ether oxygens (including phenoxy) is 1. The van der Waals surface area contributed by atoms with E-state index in [1.165, 1.54) is 42.3 Å². The molecule has 214 valence electrons. The van der Waals surface area contributed by atoms with Gasteiger partial charge < -0.3 is 14.7 Å². The Labute approximate surface area is 242 Å². The fourth-order valence-electron chi connectivity index (χ4n) is 4.76. The summed E-state index contributed by atoms with van der Waals surface area (Å²) in [4.78, 5) is 45.2. The Balaban J connectivity index is 1.58. The molecule has 4 rings (SSSR count). The Morgan fingerprint density at radius 3 is 2.59 bits per heavy atom. The monoisotopic (exact) mass is 580 g/mol. The summed E-state index contributed by atoms with van der Waals surface area (Å²) in [5, 5.41) is 13.8. The number of halogens is 2. The van der Waals surface area contributed by atoms with Crippen molar-refractivity contribution in [2.24, 2.45) is 11.1 Å². The number of hydrogen-bond acceptors (Lipinski definition) is 6. The minimum Gasteiger partial charge on any atom is -0.496 e. The normalized spacial score (nSPS) is 17.2. The summed E-state index contributed by atoms with van der Waals surface area (Å²) in [6.07, 6.45) is 1.10. The quantitative estimate of drug-likeness (QED) is 0.306. The third-order valence-electron chi connectivity index (χ3n) is 7.03. The molecule has 0 saturated carbocycles. The van der Waals surface area contributed by atoms with Crippen molar-refractivity contribution in [2.75, 3.05) is 13.7 Å². The molecular weight excluding hydrogens is 551 g/mol. The van der Waals surface area contributed by atoms with Gasteiger partial charge in [0.2, 0.25) is 11.8 Å². The van der Waals surface area contributed by atoms with Gasteiger partial charge in [0.05, 0.1) is 24.9 Å². The van der Waals surface area contributed by atoms with Crippen molar-refractivity contribution < 1.29 is 33.5 Å². The van der Waals surface area contributed by atoms with E-state index in [4.69, 9.17) is 26.3 Å². The van der Waals surface area contributed by atoms with E-state index in [2.05, 4.69) is 5.16 Å². The Hall–Kier alpha value is -4.24. The molecule has 1 saturated heterocycles. The lowest BCUT2D eigenvalue weighted by atomic mass is 9.93. The third-order valence-corrected chi connectivity index (χ3v) is 7.27. The predicted octanol–water partition coefficient (Wildman–Crippen LogP) is 6.12. The Bertz CT molecular complexity index is 1460. The van der Waals surface area contributed by atoms with Crippen LogP contribution in [0.4, 0.5) is 4.39 Å². The zero-order valence-electron chi connectivity index (χ0n) is 22.7. The van der Waals surface area contributed by atoms with Crippen LogP contribution in [0.5, 0.6) is 11.5 Å². The molecule has 1 unspecified atom stereocenters. The minimum absolute atomic E-state index is 0.0173. The van der Waals surface area contributed by atoms with Crippen LogP contribution in [0.15, 0.2) is 71.9 Å². The van der Waals surface area contributed by atoms with E-state index < -0.39 is 23.6 Å². The smallest absolute Gasteiger partial charge is 0.335 e. The van der Waals surface area contributed by atoms with Gasteiger partial charge in [-0.05, 0) is 78.8 Å². The summed E-state index contributed by atoms with van der Waals surface area (Å²) < 4.78 is 19.1. The predicted molar refractivity (Wildman–Crippen MR) is 152 cm³/mol. The molecule has 1 N–H and O–H groups in total. The van der Waals surface area contributed by atoms with Crippen LogP contribution >= 0.6 is 11.6 Å². The molecule has 0 spiro atoms. The number of carboxylic acids is 1. The lowest BCUT2D eigenvalue weighted by Crippen LogP contribution is -2.42. The van der Waals surface area contributed by atoms with Crippen LogP contribution in [-0.2, 0) is 16.0 Å². The standard InChI is InChI=1S/C31H30ClFN2O6/c1-19(20-6-8-21(9-7-20)31(38)39)14-29(36)35-18-26(34-41-27-5-3-4-25(33)17-27)12-10-22(30(35)37)15-23-16-24(32)11-13-28(23)40-2/h3-9,11,13,16-17,19,22H,10,12,14-15,18H2,1-2H3,(H,38,39)/b34-26+/t19-,22?/m0/s1. The van der Waals surface area contributed by atoms with E-state index in [9.17, 15) is 18.8 Å². The molecular formula is C31H30ClFN2O6. The second-order valence-electron chi connectivity index (χ2n) is 9.95. The molecule has 1 aliphatic heterocycles. The van der Waals surface area contributed by atoms with Crippen LogP contribution in [0.2, 0.25) is 5.02 Å². The number of likely N-dealkylation sites (tertiary alicyclic amines) is 1. The van der Waals surface area contributed by atoms with Crippen molar-refractivity contribution in [1.29, 1.82) is 0 Å². The first-order valence-corrected chi connectivity index (χ1v) is 13.5. The number of imide groups is 1. The van der Waals surface area contributed by atoms with Gasteiger partial charge in [0.1, 0.15) is 11.6 Å². The maximum Gasteiger partial charge on any atom is 0.335 e. The molecule has 10 heteroatoms. The van der Waals surface area contributed by atoms with Gasteiger partial charge in [-0.3, -0.25) is 14.5 Å². The molecule has 8 nitrogen and oxygen atoms in total. The molecule has 0 aromatic heterocycles. The van der Waals surface area contributed by atoms with Gasteiger partial charge >= 0.3 is 5.97 Å². The number of hydrogen-bond donors (Lipinski definition) is 1. The molecule has 1 aliphatic rings. The number of rotatable bonds is 9. The van der Waals surface area contributed by atoms with E-state index >= 15 is 0 Å². The number of nitrogens with zero attached hydrogens (tertiary/aromatic N) is 2. The lowest BCUT2D eigenvalue weighted by molar-refractivity contribution is -0.146. The highest BCUT2D eigenvalue weighted by Crippen LogP contribution is 2.30. The van der Waals surface area contributed by atoms with Crippen LogP contribution in [0.25, 0.3) is 0 Å². The highest BCUT2D eigenvalue weighted by atomic mass is 35.5. The summed E-state index contributed by atoms with van der Waals surface area (Å²) in [5.74, 6) is -2.30. The van der Waals surface area contributed by atoms with E-state index in [1.807, 2.05) is 6.92 Å². The number of amides is 2. The summed E-state index contributed by atoms with van der Waals surface area (Å²) in [7, 11) is 1.54. The Morgan fingerprint density at radius 2 is 1.90 bits per heavy atom. The van der Waals surface area contributed by atoms with Crippen molar-refractivity contribution in [3.8, 4) is 11.5 Å². The van der Waals surface area contributed by atoms with Crippen molar-refractivity contribution >= 4 is 35.1 Å². The zero-order valence-corrected chi connectivity index (χ0v) is 23.4. The van der Waals surface area contributed by atoms with Gasteiger partial charge in [-0.1, -0.05) is 41.9 Å². The Morgan fingerprint density at radius 1 is 1.15 bits per heavy atom. The van der Waals surface area contributed by atoms with Gasteiger partial charge in [0, 0.05) is 23.4 Å². The number of aromatic carboxylic acids is 1. The molecule has 2 amide bonds.